The van der Waals surface area contributed by atoms with Crippen LogP contribution in [-0.4, -0.2) is 55.2 Å². The van der Waals surface area contributed by atoms with E-state index in [-0.39, 0.29) is 12.5 Å². The molecule has 3 rings (SSSR count). The van der Waals surface area contributed by atoms with Crippen LogP contribution >= 0.6 is 0 Å². The minimum atomic E-state index is -0.122. The zero-order chi connectivity index (χ0) is 19.9. The summed E-state index contributed by atoms with van der Waals surface area (Å²) in [7, 11) is 4.96. The summed E-state index contributed by atoms with van der Waals surface area (Å²) in [4.78, 5) is 22.4. The number of methoxy groups -OCH3 is 2. The number of fused-ring (bicyclic) bond motifs is 1. The van der Waals surface area contributed by atoms with Gasteiger partial charge in [0, 0.05) is 13.6 Å². The average molecular weight is 381 g/mol. The van der Waals surface area contributed by atoms with Gasteiger partial charge in [0.25, 0.3) is 5.91 Å². The number of benzene rings is 2. The molecule has 3 aromatic rings. The normalized spacial score (nSPS) is 10.5. The van der Waals surface area contributed by atoms with Crippen molar-refractivity contribution >= 4 is 16.8 Å². The van der Waals surface area contributed by atoms with Crippen LogP contribution < -0.4 is 14.2 Å². The Labute approximate surface area is 163 Å². The third kappa shape index (κ3) is 4.49. The summed E-state index contributed by atoms with van der Waals surface area (Å²) in [6, 6.07) is 13.3. The molecule has 7 heteroatoms. The van der Waals surface area contributed by atoms with Crippen LogP contribution in [0.4, 0.5) is 0 Å². The molecule has 28 heavy (non-hydrogen) atoms. The van der Waals surface area contributed by atoms with Crippen LogP contribution in [0.1, 0.15) is 5.56 Å². The van der Waals surface area contributed by atoms with Gasteiger partial charge in [0.1, 0.15) is 6.33 Å². The van der Waals surface area contributed by atoms with E-state index in [0.29, 0.717) is 30.3 Å². The van der Waals surface area contributed by atoms with Gasteiger partial charge < -0.3 is 19.1 Å². The fourth-order valence-electron chi connectivity index (χ4n) is 2.79. The second-order valence-corrected chi connectivity index (χ2v) is 6.24. The van der Waals surface area contributed by atoms with Crippen molar-refractivity contribution in [2.45, 2.75) is 6.42 Å². The van der Waals surface area contributed by atoms with Crippen LogP contribution in [0.15, 0.2) is 48.8 Å². The van der Waals surface area contributed by atoms with E-state index in [2.05, 4.69) is 9.97 Å². The summed E-state index contributed by atoms with van der Waals surface area (Å²) in [5.74, 6) is 1.64. The topological polar surface area (TPSA) is 73.8 Å². The van der Waals surface area contributed by atoms with E-state index in [1.807, 2.05) is 42.5 Å². The quantitative estimate of drug-likeness (QED) is 0.597. The monoisotopic (exact) mass is 381 g/mol. The van der Waals surface area contributed by atoms with E-state index >= 15 is 0 Å². The number of hydrogen-bond acceptors (Lipinski definition) is 6. The van der Waals surface area contributed by atoms with Crippen LogP contribution in [-0.2, 0) is 11.2 Å². The van der Waals surface area contributed by atoms with Crippen molar-refractivity contribution in [3.63, 3.8) is 0 Å². The lowest BCUT2D eigenvalue weighted by Crippen LogP contribution is -2.33. The number of rotatable bonds is 8. The van der Waals surface area contributed by atoms with E-state index in [9.17, 15) is 4.79 Å². The van der Waals surface area contributed by atoms with Crippen molar-refractivity contribution in [3.05, 3.63) is 54.4 Å². The number of amides is 1. The maximum atomic E-state index is 12.4. The van der Waals surface area contributed by atoms with Gasteiger partial charge in [-0.05, 0) is 36.2 Å². The van der Waals surface area contributed by atoms with Crippen LogP contribution in [0.3, 0.4) is 0 Å². The highest BCUT2D eigenvalue weighted by Crippen LogP contribution is 2.27. The first-order chi connectivity index (χ1) is 13.6. The number of ether oxygens (including phenoxy) is 3. The third-order valence-corrected chi connectivity index (χ3v) is 4.45. The Balaban J connectivity index is 1.56. The van der Waals surface area contributed by atoms with Crippen molar-refractivity contribution in [3.8, 4) is 17.4 Å². The van der Waals surface area contributed by atoms with Gasteiger partial charge in [-0.1, -0.05) is 18.2 Å². The highest BCUT2D eigenvalue weighted by atomic mass is 16.5. The van der Waals surface area contributed by atoms with Crippen molar-refractivity contribution in [1.82, 2.24) is 14.9 Å². The van der Waals surface area contributed by atoms with Gasteiger partial charge in [-0.15, -0.1) is 0 Å². The molecule has 0 saturated heterocycles. The van der Waals surface area contributed by atoms with Crippen molar-refractivity contribution in [1.29, 1.82) is 0 Å². The largest absolute Gasteiger partial charge is 0.493 e. The van der Waals surface area contributed by atoms with E-state index < -0.39 is 0 Å². The van der Waals surface area contributed by atoms with E-state index in [1.165, 1.54) is 6.33 Å². The molecule has 0 fully saturated rings. The molecule has 0 radical (unpaired) electrons. The summed E-state index contributed by atoms with van der Waals surface area (Å²) in [5, 5.41) is 0.783. The molecule has 0 atom stereocenters. The maximum absolute atomic E-state index is 12.4. The first kappa shape index (κ1) is 19.4. The van der Waals surface area contributed by atoms with Crippen LogP contribution in [0.2, 0.25) is 0 Å². The summed E-state index contributed by atoms with van der Waals surface area (Å²) >= 11 is 0. The number of aromatic nitrogens is 2. The fourth-order valence-corrected chi connectivity index (χ4v) is 2.79. The Morgan fingerprint density at radius 1 is 1.04 bits per heavy atom. The Morgan fingerprint density at radius 2 is 1.82 bits per heavy atom. The Bertz CT molecular complexity index is 956. The summed E-state index contributed by atoms with van der Waals surface area (Å²) in [5.41, 5.74) is 1.83. The molecule has 1 aromatic heterocycles. The highest BCUT2D eigenvalue weighted by Gasteiger charge is 2.12. The highest BCUT2D eigenvalue weighted by molar-refractivity contribution is 5.84. The molecule has 0 unspecified atom stereocenters. The Hall–Kier alpha value is -3.35. The molecular formula is C21H23N3O4. The van der Waals surface area contributed by atoms with Crippen LogP contribution in [0.5, 0.6) is 17.4 Å². The molecule has 0 aliphatic heterocycles. The summed E-state index contributed by atoms with van der Waals surface area (Å²) < 4.78 is 16.2. The number of hydrogen-bond donors (Lipinski definition) is 0. The summed E-state index contributed by atoms with van der Waals surface area (Å²) in [6.45, 7) is 0.478. The van der Waals surface area contributed by atoms with Gasteiger partial charge in [-0.3, -0.25) is 4.79 Å². The zero-order valence-electron chi connectivity index (χ0n) is 16.2. The van der Waals surface area contributed by atoms with Gasteiger partial charge in [0.05, 0.1) is 25.1 Å². The van der Waals surface area contributed by atoms with Crippen molar-refractivity contribution < 1.29 is 19.0 Å². The standard InChI is InChI=1S/C21H23N3O4/c1-24(11-10-15-8-9-18(26-2)19(12-15)27-3)20(25)13-28-21-16-6-4-5-7-17(16)22-14-23-21/h4-9,12,14H,10-11,13H2,1-3H3. The molecule has 1 amide bonds. The third-order valence-electron chi connectivity index (χ3n) is 4.45. The number of carbonyl (C=O) groups is 1. The van der Waals surface area contributed by atoms with E-state index in [4.69, 9.17) is 14.2 Å². The van der Waals surface area contributed by atoms with Gasteiger partial charge in [0.15, 0.2) is 18.1 Å². The second-order valence-electron chi connectivity index (χ2n) is 6.24. The molecule has 1 heterocycles. The van der Waals surface area contributed by atoms with Gasteiger partial charge in [-0.2, -0.15) is 0 Å². The molecule has 0 N–H and O–H groups in total. The number of nitrogens with zero attached hydrogens (tertiary/aromatic N) is 3. The molecule has 146 valence electrons. The SMILES string of the molecule is COc1ccc(CCN(C)C(=O)COc2ncnc3ccccc23)cc1OC. The minimum absolute atomic E-state index is 0.0799. The molecule has 0 bridgehead atoms. The molecule has 0 aliphatic carbocycles. The molecule has 7 nitrogen and oxygen atoms in total. The predicted octanol–water partition coefficient (Wildman–Crippen LogP) is 2.73. The average Bonchev–Trinajstić information content (AvgIpc) is 2.75. The van der Waals surface area contributed by atoms with Crippen LogP contribution in [0.25, 0.3) is 10.9 Å². The van der Waals surface area contributed by atoms with E-state index in [0.717, 1.165) is 16.5 Å². The van der Waals surface area contributed by atoms with Gasteiger partial charge >= 0.3 is 0 Å². The summed E-state index contributed by atoms with van der Waals surface area (Å²) in [6.07, 6.45) is 2.13. The Morgan fingerprint density at radius 3 is 2.61 bits per heavy atom. The fraction of sp³-hybridized carbons (Fsp3) is 0.286. The smallest absolute Gasteiger partial charge is 0.260 e. The Kier molecular flexibility index (Phi) is 6.26. The number of carbonyl (C=O) groups excluding carboxylic acids is 1. The molecule has 0 saturated carbocycles. The van der Waals surface area contributed by atoms with Gasteiger partial charge in [-0.25, -0.2) is 9.97 Å². The lowest BCUT2D eigenvalue weighted by molar-refractivity contribution is -0.132. The number of para-hydroxylation sites is 1. The lowest BCUT2D eigenvalue weighted by atomic mass is 10.1. The van der Waals surface area contributed by atoms with Crippen molar-refractivity contribution in [2.75, 3.05) is 34.4 Å². The predicted molar refractivity (Wildman–Crippen MR) is 106 cm³/mol. The molecular weight excluding hydrogens is 358 g/mol. The minimum Gasteiger partial charge on any atom is -0.493 e. The van der Waals surface area contributed by atoms with E-state index in [1.54, 1.807) is 26.2 Å². The second kappa shape index (κ2) is 9.03. The first-order valence-corrected chi connectivity index (χ1v) is 8.89. The molecule has 0 spiro atoms. The maximum Gasteiger partial charge on any atom is 0.260 e. The van der Waals surface area contributed by atoms with Crippen LogP contribution in [0, 0.1) is 0 Å². The van der Waals surface area contributed by atoms with Crippen molar-refractivity contribution in [2.24, 2.45) is 0 Å². The lowest BCUT2D eigenvalue weighted by Gasteiger charge is -2.18. The molecule has 0 aliphatic rings. The first-order valence-electron chi connectivity index (χ1n) is 8.89. The van der Waals surface area contributed by atoms with Gasteiger partial charge in [0.2, 0.25) is 5.88 Å². The number of likely N-dealkylation sites (N-methyl/N-ethyl adjacent to an activating group) is 1. The molecule has 2 aromatic carbocycles. The zero-order valence-corrected chi connectivity index (χ0v) is 16.2.